The Labute approximate surface area is 93.7 Å². The molecule has 1 aliphatic carbocycles. The molecular formula is C12H13N3O. The number of aryl methyl sites for hydroxylation is 1. The van der Waals surface area contributed by atoms with Crippen LogP contribution in [-0.4, -0.2) is 16.2 Å². The first-order valence-electron chi connectivity index (χ1n) is 5.48. The Hall–Kier alpha value is -1.84. The Balaban J connectivity index is 1.82. The average molecular weight is 215 g/mol. The number of aromatic nitrogens is 2. The van der Waals surface area contributed by atoms with Crippen LogP contribution in [0.25, 0.3) is 11.5 Å². The molecule has 1 aliphatic rings. The minimum Gasteiger partial charge on any atom is -0.403 e. The smallest absolute Gasteiger partial charge is 0.315 e. The predicted molar refractivity (Wildman–Crippen MR) is 61.1 cm³/mol. The molecule has 1 fully saturated rings. The third kappa shape index (κ3) is 1.91. The molecule has 1 heterocycles. The van der Waals surface area contributed by atoms with Gasteiger partial charge in [-0.3, -0.25) is 0 Å². The summed E-state index contributed by atoms with van der Waals surface area (Å²) in [7, 11) is 0. The van der Waals surface area contributed by atoms with Crippen molar-refractivity contribution in [1.82, 2.24) is 10.2 Å². The molecule has 1 N–H and O–H groups in total. The lowest BCUT2D eigenvalue weighted by Crippen LogP contribution is -2.00. The molecule has 0 amide bonds. The Kier molecular flexibility index (Phi) is 2.13. The standard InChI is InChI=1S/C12H13N3O/c1-8-2-4-9(5-3-8)11-14-15-12(16-11)13-10-6-7-10/h2-5,10H,6-7H2,1H3,(H,13,15). The lowest BCUT2D eigenvalue weighted by molar-refractivity contribution is 0.580. The minimum atomic E-state index is 0.526. The van der Waals surface area contributed by atoms with Crippen LogP contribution < -0.4 is 5.32 Å². The van der Waals surface area contributed by atoms with E-state index in [1.54, 1.807) is 0 Å². The number of hydrogen-bond acceptors (Lipinski definition) is 4. The van der Waals surface area contributed by atoms with Crippen molar-refractivity contribution in [1.29, 1.82) is 0 Å². The summed E-state index contributed by atoms with van der Waals surface area (Å²) in [6, 6.07) is 9.11. The molecule has 0 radical (unpaired) electrons. The zero-order valence-corrected chi connectivity index (χ0v) is 9.10. The number of rotatable bonds is 3. The zero-order chi connectivity index (χ0) is 11.0. The molecule has 2 aromatic rings. The van der Waals surface area contributed by atoms with Gasteiger partial charge in [-0.1, -0.05) is 22.8 Å². The summed E-state index contributed by atoms with van der Waals surface area (Å²) < 4.78 is 5.53. The van der Waals surface area contributed by atoms with Crippen molar-refractivity contribution in [3.05, 3.63) is 29.8 Å². The molecule has 1 saturated carbocycles. The highest BCUT2D eigenvalue weighted by molar-refractivity contribution is 5.53. The number of nitrogens with one attached hydrogen (secondary N) is 1. The van der Waals surface area contributed by atoms with Crippen molar-refractivity contribution in [3.8, 4) is 11.5 Å². The van der Waals surface area contributed by atoms with Crippen molar-refractivity contribution >= 4 is 6.01 Å². The third-order valence-corrected chi connectivity index (χ3v) is 2.63. The first-order valence-corrected chi connectivity index (χ1v) is 5.48. The topological polar surface area (TPSA) is 51.0 Å². The van der Waals surface area contributed by atoms with Crippen molar-refractivity contribution in [2.75, 3.05) is 5.32 Å². The maximum Gasteiger partial charge on any atom is 0.315 e. The largest absolute Gasteiger partial charge is 0.403 e. The summed E-state index contributed by atoms with van der Waals surface area (Å²) >= 11 is 0. The first-order chi connectivity index (χ1) is 7.81. The van der Waals surface area contributed by atoms with Gasteiger partial charge < -0.3 is 9.73 Å². The quantitative estimate of drug-likeness (QED) is 0.855. The van der Waals surface area contributed by atoms with Crippen LogP contribution in [-0.2, 0) is 0 Å². The molecule has 82 valence electrons. The number of anilines is 1. The number of hydrogen-bond donors (Lipinski definition) is 1. The minimum absolute atomic E-state index is 0.526. The summed E-state index contributed by atoms with van der Waals surface area (Å²) in [5, 5.41) is 11.2. The van der Waals surface area contributed by atoms with Crippen LogP contribution in [0.15, 0.2) is 28.7 Å². The van der Waals surface area contributed by atoms with Gasteiger partial charge in [0.2, 0.25) is 5.89 Å². The monoisotopic (exact) mass is 215 g/mol. The first kappa shape index (κ1) is 9.39. The number of benzene rings is 1. The molecule has 16 heavy (non-hydrogen) atoms. The van der Waals surface area contributed by atoms with Gasteiger partial charge in [-0.15, -0.1) is 5.10 Å². The zero-order valence-electron chi connectivity index (χ0n) is 9.10. The molecule has 0 saturated heterocycles. The van der Waals surface area contributed by atoms with Gasteiger partial charge in [0.25, 0.3) is 0 Å². The third-order valence-electron chi connectivity index (χ3n) is 2.63. The molecule has 0 bridgehead atoms. The lowest BCUT2D eigenvalue weighted by Gasteiger charge is -1.96. The van der Waals surface area contributed by atoms with Gasteiger partial charge in [-0.2, -0.15) is 0 Å². The van der Waals surface area contributed by atoms with Gasteiger partial charge in [-0.25, -0.2) is 0 Å². The van der Waals surface area contributed by atoms with Crippen LogP contribution in [0.3, 0.4) is 0 Å². The van der Waals surface area contributed by atoms with E-state index >= 15 is 0 Å². The number of nitrogens with zero attached hydrogens (tertiary/aromatic N) is 2. The molecule has 1 aromatic carbocycles. The Morgan fingerprint density at radius 1 is 1.19 bits per heavy atom. The molecule has 0 atom stereocenters. The van der Waals surface area contributed by atoms with E-state index in [1.165, 1.54) is 18.4 Å². The molecule has 4 nitrogen and oxygen atoms in total. The maximum absolute atomic E-state index is 5.53. The second-order valence-electron chi connectivity index (χ2n) is 4.20. The van der Waals surface area contributed by atoms with E-state index < -0.39 is 0 Å². The van der Waals surface area contributed by atoms with E-state index in [0.717, 1.165) is 5.56 Å². The Morgan fingerprint density at radius 3 is 2.62 bits per heavy atom. The van der Waals surface area contributed by atoms with Crippen molar-refractivity contribution in [3.63, 3.8) is 0 Å². The fourth-order valence-corrected chi connectivity index (χ4v) is 1.50. The second-order valence-corrected chi connectivity index (χ2v) is 4.20. The SMILES string of the molecule is Cc1ccc(-c2nnc(NC3CC3)o2)cc1. The van der Waals surface area contributed by atoms with Gasteiger partial charge in [0.1, 0.15) is 0 Å². The fourth-order valence-electron chi connectivity index (χ4n) is 1.50. The highest BCUT2D eigenvalue weighted by Gasteiger charge is 2.23. The van der Waals surface area contributed by atoms with Crippen molar-refractivity contribution in [2.45, 2.75) is 25.8 Å². The fraction of sp³-hybridized carbons (Fsp3) is 0.333. The lowest BCUT2D eigenvalue weighted by atomic mass is 10.1. The highest BCUT2D eigenvalue weighted by atomic mass is 16.4. The molecule has 1 aromatic heterocycles. The van der Waals surface area contributed by atoms with Crippen LogP contribution in [0.2, 0.25) is 0 Å². The van der Waals surface area contributed by atoms with E-state index in [2.05, 4.69) is 22.4 Å². The highest BCUT2D eigenvalue weighted by Crippen LogP contribution is 2.26. The van der Waals surface area contributed by atoms with Crippen LogP contribution >= 0.6 is 0 Å². The normalized spacial score (nSPS) is 15.1. The van der Waals surface area contributed by atoms with E-state index in [-0.39, 0.29) is 0 Å². The molecular weight excluding hydrogens is 202 g/mol. The second kappa shape index (κ2) is 3.63. The van der Waals surface area contributed by atoms with Gasteiger partial charge in [-0.05, 0) is 31.9 Å². The average Bonchev–Trinajstić information content (AvgIpc) is 2.97. The summed E-state index contributed by atoms with van der Waals surface area (Å²) in [4.78, 5) is 0. The summed E-state index contributed by atoms with van der Waals surface area (Å²) in [5.41, 5.74) is 2.18. The van der Waals surface area contributed by atoms with Crippen molar-refractivity contribution in [2.24, 2.45) is 0 Å². The molecule has 3 rings (SSSR count). The van der Waals surface area contributed by atoms with E-state index in [9.17, 15) is 0 Å². The van der Waals surface area contributed by atoms with E-state index in [0.29, 0.717) is 17.9 Å². The summed E-state index contributed by atoms with van der Waals surface area (Å²) in [5.74, 6) is 0.572. The van der Waals surface area contributed by atoms with Crippen LogP contribution in [0.5, 0.6) is 0 Å². The van der Waals surface area contributed by atoms with Crippen LogP contribution in [0, 0.1) is 6.92 Å². The van der Waals surface area contributed by atoms with Gasteiger partial charge >= 0.3 is 6.01 Å². The van der Waals surface area contributed by atoms with Crippen LogP contribution in [0.4, 0.5) is 6.01 Å². The summed E-state index contributed by atoms with van der Waals surface area (Å²) in [6.45, 7) is 2.05. The summed E-state index contributed by atoms with van der Waals surface area (Å²) in [6.07, 6.45) is 2.39. The van der Waals surface area contributed by atoms with E-state index in [1.807, 2.05) is 24.3 Å². The van der Waals surface area contributed by atoms with Gasteiger partial charge in [0.15, 0.2) is 0 Å². The van der Waals surface area contributed by atoms with E-state index in [4.69, 9.17) is 4.42 Å². The van der Waals surface area contributed by atoms with Gasteiger partial charge in [0.05, 0.1) is 0 Å². The Bertz CT molecular complexity index is 485. The predicted octanol–water partition coefficient (Wildman–Crippen LogP) is 2.62. The molecule has 0 aliphatic heterocycles. The molecule has 0 unspecified atom stereocenters. The Morgan fingerprint density at radius 2 is 1.94 bits per heavy atom. The van der Waals surface area contributed by atoms with Crippen LogP contribution in [0.1, 0.15) is 18.4 Å². The van der Waals surface area contributed by atoms with Crippen molar-refractivity contribution < 1.29 is 4.42 Å². The van der Waals surface area contributed by atoms with Gasteiger partial charge in [0, 0.05) is 11.6 Å². The molecule has 0 spiro atoms. The molecule has 4 heteroatoms. The maximum atomic E-state index is 5.53.